The fraction of sp³-hybridized carbons (Fsp3) is 0.167. The molecule has 1 aromatic rings. The van der Waals surface area contributed by atoms with Gasteiger partial charge < -0.3 is 4.74 Å². The Morgan fingerprint density at radius 1 is 1.23 bits per heavy atom. The summed E-state index contributed by atoms with van der Waals surface area (Å²) in [5, 5.41) is 17.7. The molecule has 1 atom stereocenters. The molecule has 0 amide bonds. The van der Waals surface area contributed by atoms with Gasteiger partial charge in [0.1, 0.15) is 17.7 Å². The fourth-order valence-corrected chi connectivity index (χ4v) is 2.17. The second kappa shape index (κ2) is 6.56. The number of Topliss-reactive ketones (excluding diaryl/α,β-unsaturated/α-hetero) is 1. The molecule has 108 valence electrons. The number of aryl methyl sites for hydroxylation is 1. The maximum absolute atomic E-state index is 12.6. The number of benzene rings is 1. The number of nitrogens with zero attached hydrogens (tertiary/aromatic N) is 2. The minimum Gasteiger partial charge on any atom is -0.486 e. The summed E-state index contributed by atoms with van der Waals surface area (Å²) in [5.74, 6) is -0.146. The molecule has 1 aliphatic rings. The van der Waals surface area contributed by atoms with Crippen LogP contribution in [0.1, 0.15) is 27.0 Å². The van der Waals surface area contributed by atoms with Crippen LogP contribution in [-0.2, 0) is 4.74 Å². The number of nitriles is 2. The summed E-state index contributed by atoms with van der Waals surface area (Å²) < 4.78 is 5.32. The zero-order chi connectivity index (χ0) is 16.1. The first-order valence-corrected chi connectivity index (χ1v) is 6.73. The van der Waals surface area contributed by atoms with Crippen LogP contribution in [0.4, 0.5) is 0 Å². The minimum atomic E-state index is -0.645. The molecule has 1 heterocycles. The Kier molecular flexibility index (Phi) is 4.56. The van der Waals surface area contributed by atoms with Gasteiger partial charge in [-0.15, -0.1) is 0 Å². The Labute approximate surface area is 129 Å². The molecule has 22 heavy (non-hydrogen) atoms. The van der Waals surface area contributed by atoms with Crippen LogP contribution in [0.5, 0.6) is 0 Å². The molecule has 0 saturated heterocycles. The van der Waals surface area contributed by atoms with E-state index >= 15 is 0 Å². The van der Waals surface area contributed by atoms with Crippen LogP contribution in [0.3, 0.4) is 0 Å². The molecule has 1 unspecified atom stereocenters. The molecule has 4 nitrogen and oxygen atoms in total. The average molecular weight is 290 g/mol. The first kappa shape index (κ1) is 15.3. The van der Waals surface area contributed by atoms with E-state index < -0.39 is 6.10 Å². The van der Waals surface area contributed by atoms with Crippen molar-refractivity contribution in [3.05, 3.63) is 64.4 Å². The highest BCUT2D eigenvalue weighted by Crippen LogP contribution is 2.21. The lowest BCUT2D eigenvalue weighted by atomic mass is 9.93. The van der Waals surface area contributed by atoms with Gasteiger partial charge in [-0.05, 0) is 54.8 Å². The zero-order valence-electron chi connectivity index (χ0n) is 12.3. The van der Waals surface area contributed by atoms with Crippen LogP contribution in [0, 0.1) is 36.5 Å². The van der Waals surface area contributed by atoms with E-state index in [1.165, 1.54) is 12.3 Å². The molecular weight excluding hydrogens is 276 g/mol. The first-order valence-electron chi connectivity index (χ1n) is 6.73. The summed E-state index contributed by atoms with van der Waals surface area (Å²) in [4.78, 5) is 12.6. The molecule has 0 aromatic heterocycles. The van der Waals surface area contributed by atoms with Crippen molar-refractivity contribution < 1.29 is 9.53 Å². The molecular formula is C18H14N2O2. The molecule has 0 bridgehead atoms. The highest BCUT2D eigenvalue weighted by atomic mass is 16.5. The van der Waals surface area contributed by atoms with Gasteiger partial charge in [0.2, 0.25) is 5.78 Å². The van der Waals surface area contributed by atoms with Gasteiger partial charge in [-0.2, -0.15) is 10.5 Å². The predicted molar refractivity (Wildman–Crippen MR) is 82.6 cm³/mol. The lowest BCUT2D eigenvalue weighted by Crippen LogP contribution is -2.22. The molecule has 1 aromatic carbocycles. The highest BCUT2D eigenvalue weighted by molar-refractivity contribution is 6.02. The van der Waals surface area contributed by atoms with Crippen molar-refractivity contribution in [3.8, 4) is 12.1 Å². The SMILES string of the molecule is Cc1cc(C=C(C#N)C#N)cc(C(=O)C2C=CC=CO2)c1C. The molecule has 2 rings (SSSR count). The van der Waals surface area contributed by atoms with Crippen LogP contribution >= 0.6 is 0 Å². The number of hydrogen-bond acceptors (Lipinski definition) is 4. The van der Waals surface area contributed by atoms with E-state index in [2.05, 4.69) is 0 Å². The Bertz CT molecular complexity index is 771. The van der Waals surface area contributed by atoms with Crippen LogP contribution in [-0.4, -0.2) is 11.9 Å². The van der Waals surface area contributed by atoms with Crippen molar-refractivity contribution >= 4 is 11.9 Å². The van der Waals surface area contributed by atoms with E-state index in [9.17, 15) is 4.79 Å². The second-order valence-corrected chi connectivity index (χ2v) is 4.93. The number of ketones is 1. The van der Waals surface area contributed by atoms with Crippen molar-refractivity contribution in [3.63, 3.8) is 0 Å². The monoisotopic (exact) mass is 290 g/mol. The summed E-state index contributed by atoms with van der Waals surface area (Å²) in [6.45, 7) is 3.76. The van der Waals surface area contributed by atoms with E-state index in [0.29, 0.717) is 11.1 Å². The summed E-state index contributed by atoms with van der Waals surface area (Å²) in [5.41, 5.74) is 2.97. The maximum Gasteiger partial charge on any atom is 0.207 e. The average Bonchev–Trinajstić information content (AvgIpc) is 2.55. The van der Waals surface area contributed by atoms with Gasteiger partial charge in [-0.3, -0.25) is 4.79 Å². The highest BCUT2D eigenvalue weighted by Gasteiger charge is 2.21. The third-order valence-electron chi connectivity index (χ3n) is 3.47. The van der Waals surface area contributed by atoms with E-state index in [0.717, 1.165) is 11.1 Å². The van der Waals surface area contributed by atoms with Crippen LogP contribution < -0.4 is 0 Å². The topological polar surface area (TPSA) is 73.9 Å². The van der Waals surface area contributed by atoms with Gasteiger partial charge >= 0.3 is 0 Å². The first-order chi connectivity index (χ1) is 10.6. The summed E-state index contributed by atoms with van der Waals surface area (Å²) >= 11 is 0. The molecule has 0 saturated carbocycles. The Morgan fingerprint density at radius 2 is 1.95 bits per heavy atom. The third-order valence-corrected chi connectivity index (χ3v) is 3.47. The van der Waals surface area contributed by atoms with Crippen molar-refractivity contribution in [2.75, 3.05) is 0 Å². The van der Waals surface area contributed by atoms with E-state index in [4.69, 9.17) is 15.3 Å². The van der Waals surface area contributed by atoms with Crippen LogP contribution in [0.15, 0.2) is 42.2 Å². The van der Waals surface area contributed by atoms with E-state index in [1.807, 2.05) is 32.1 Å². The van der Waals surface area contributed by atoms with Crippen molar-refractivity contribution in [2.24, 2.45) is 0 Å². The molecule has 0 spiro atoms. The molecule has 0 aliphatic carbocycles. The van der Waals surface area contributed by atoms with Crippen molar-refractivity contribution in [1.82, 2.24) is 0 Å². The number of ether oxygens (including phenoxy) is 1. The molecule has 0 fully saturated rings. The standard InChI is InChI=1S/C18H14N2O2/c1-12-7-14(8-15(10-19)11-20)9-16(13(12)2)18(21)17-5-3-4-6-22-17/h3-9,17H,1-2H3. The number of carbonyl (C=O) groups excluding carboxylic acids is 1. The lowest BCUT2D eigenvalue weighted by molar-refractivity contribution is 0.0784. The second-order valence-electron chi connectivity index (χ2n) is 4.93. The summed E-state index contributed by atoms with van der Waals surface area (Å²) in [6, 6.07) is 7.17. The quantitative estimate of drug-likeness (QED) is 0.631. The van der Waals surface area contributed by atoms with Gasteiger partial charge in [-0.25, -0.2) is 0 Å². The lowest BCUT2D eigenvalue weighted by Gasteiger charge is -2.16. The third kappa shape index (κ3) is 3.13. The smallest absolute Gasteiger partial charge is 0.207 e. The predicted octanol–water partition coefficient (Wildman–Crippen LogP) is 3.39. The Hall–Kier alpha value is -3.11. The van der Waals surface area contributed by atoms with Crippen LogP contribution in [0.2, 0.25) is 0 Å². The Morgan fingerprint density at radius 3 is 2.55 bits per heavy atom. The number of carbonyl (C=O) groups is 1. The van der Waals surface area contributed by atoms with E-state index in [1.54, 1.807) is 24.3 Å². The molecule has 1 aliphatic heterocycles. The van der Waals surface area contributed by atoms with Gasteiger partial charge in [0.05, 0.1) is 6.26 Å². The molecule has 0 radical (unpaired) electrons. The van der Waals surface area contributed by atoms with Crippen molar-refractivity contribution in [2.45, 2.75) is 20.0 Å². The normalized spacial score (nSPS) is 15.4. The minimum absolute atomic E-state index is 0.00148. The number of allylic oxidation sites excluding steroid dienone is 3. The molecule has 4 heteroatoms. The zero-order valence-corrected chi connectivity index (χ0v) is 12.3. The maximum atomic E-state index is 12.6. The van der Waals surface area contributed by atoms with Gasteiger partial charge in [-0.1, -0.05) is 12.1 Å². The van der Waals surface area contributed by atoms with Gasteiger partial charge in [0, 0.05) is 5.56 Å². The van der Waals surface area contributed by atoms with Gasteiger partial charge in [0.15, 0.2) is 6.10 Å². The Balaban J connectivity index is 2.46. The number of hydrogen-bond donors (Lipinski definition) is 0. The summed E-state index contributed by atoms with van der Waals surface area (Å²) in [7, 11) is 0. The summed E-state index contributed by atoms with van der Waals surface area (Å²) in [6.07, 6.45) is 7.48. The van der Waals surface area contributed by atoms with E-state index in [-0.39, 0.29) is 11.4 Å². The van der Waals surface area contributed by atoms with Gasteiger partial charge in [0.25, 0.3) is 0 Å². The van der Waals surface area contributed by atoms with Crippen LogP contribution in [0.25, 0.3) is 6.08 Å². The molecule has 0 N–H and O–H groups in total. The fourth-order valence-electron chi connectivity index (χ4n) is 2.17. The number of rotatable bonds is 3. The largest absolute Gasteiger partial charge is 0.486 e. The van der Waals surface area contributed by atoms with Crippen molar-refractivity contribution in [1.29, 1.82) is 10.5 Å².